The van der Waals surface area contributed by atoms with Crippen molar-refractivity contribution in [2.75, 3.05) is 33.3 Å². The maximum Gasteiger partial charge on any atom is 0.310 e. The number of nitrogens with one attached hydrogen (secondary N) is 1. The van der Waals surface area contributed by atoms with Crippen LogP contribution in [0.4, 0.5) is 5.69 Å². The molecule has 0 aromatic carbocycles. The first-order chi connectivity index (χ1) is 12.0. The predicted molar refractivity (Wildman–Crippen MR) is 107 cm³/mol. The number of hydrogen-bond acceptors (Lipinski definition) is 6. The van der Waals surface area contributed by atoms with Gasteiger partial charge in [0.25, 0.3) is 0 Å². The molecule has 1 atom stereocenters. The number of aromatic nitrogens is 2. The number of carbonyl (C=O) groups is 1. The first kappa shape index (κ1) is 22.1. The van der Waals surface area contributed by atoms with Crippen LogP contribution in [0.25, 0.3) is 0 Å². The van der Waals surface area contributed by atoms with Crippen LogP contribution < -0.4 is 5.32 Å². The molecule has 0 aliphatic carbocycles. The molecular weight excluding hydrogens is 455 g/mol. The van der Waals surface area contributed by atoms with Crippen molar-refractivity contribution in [3.63, 3.8) is 0 Å². The summed E-state index contributed by atoms with van der Waals surface area (Å²) in [6.45, 7) is 4.58. The molecule has 0 saturated carbocycles. The molecule has 11 heteroatoms. The number of halogens is 1. The van der Waals surface area contributed by atoms with Crippen LogP contribution in [-0.4, -0.2) is 64.8 Å². The number of nitrogens with zero attached hydrogens (tertiary/aromatic N) is 5. The fourth-order valence-electron chi connectivity index (χ4n) is 2.81. The van der Waals surface area contributed by atoms with Gasteiger partial charge in [0.2, 0.25) is 0 Å². The van der Waals surface area contributed by atoms with E-state index in [4.69, 9.17) is 4.74 Å². The van der Waals surface area contributed by atoms with Gasteiger partial charge in [0, 0.05) is 26.7 Å². The SMILES string of the molecule is CCOC(=O)[C@H]1CCCN(C(=NC)NCCn2cc([N+](=O)[O-])cn2)C1.I. The highest BCUT2D eigenvalue weighted by molar-refractivity contribution is 14.0. The number of aliphatic imine (C=N–C) groups is 1. The summed E-state index contributed by atoms with van der Waals surface area (Å²) in [5, 5.41) is 17.8. The Hall–Kier alpha value is -1.92. The molecule has 26 heavy (non-hydrogen) atoms. The first-order valence-corrected chi connectivity index (χ1v) is 8.34. The van der Waals surface area contributed by atoms with Gasteiger partial charge >= 0.3 is 11.7 Å². The molecule has 0 bridgehead atoms. The Kier molecular flexibility index (Phi) is 9.30. The van der Waals surface area contributed by atoms with Crippen molar-refractivity contribution in [1.82, 2.24) is 20.0 Å². The molecule has 10 nitrogen and oxygen atoms in total. The van der Waals surface area contributed by atoms with Crippen LogP contribution in [0.2, 0.25) is 0 Å². The smallest absolute Gasteiger partial charge is 0.310 e. The van der Waals surface area contributed by atoms with E-state index in [1.54, 1.807) is 14.0 Å². The van der Waals surface area contributed by atoms with Crippen LogP contribution in [-0.2, 0) is 16.1 Å². The van der Waals surface area contributed by atoms with Crippen molar-refractivity contribution in [3.05, 3.63) is 22.5 Å². The quantitative estimate of drug-likeness (QED) is 0.163. The molecule has 2 heterocycles. The Morgan fingerprint density at radius 2 is 2.35 bits per heavy atom. The van der Waals surface area contributed by atoms with E-state index in [2.05, 4.69) is 15.4 Å². The summed E-state index contributed by atoms with van der Waals surface area (Å²) >= 11 is 0. The number of nitro groups is 1. The highest BCUT2D eigenvalue weighted by Crippen LogP contribution is 2.18. The Morgan fingerprint density at radius 1 is 1.58 bits per heavy atom. The van der Waals surface area contributed by atoms with Crippen LogP contribution in [0.3, 0.4) is 0 Å². The number of esters is 1. The minimum absolute atomic E-state index is 0. The lowest BCUT2D eigenvalue weighted by Gasteiger charge is -2.33. The molecule has 0 amide bonds. The normalized spacial score (nSPS) is 17.4. The fourth-order valence-corrected chi connectivity index (χ4v) is 2.81. The topological polar surface area (TPSA) is 115 Å². The summed E-state index contributed by atoms with van der Waals surface area (Å²) in [6.07, 6.45) is 4.34. The molecule has 1 fully saturated rings. The summed E-state index contributed by atoms with van der Waals surface area (Å²) in [4.78, 5) is 28.4. The van der Waals surface area contributed by atoms with Gasteiger partial charge in [0.05, 0.1) is 24.0 Å². The highest BCUT2D eigenvalue weighted by Gasteiger charge is 2.28. The predicted octanol–water partition coefficient (Wildman–Crippen LogP) is 1.26. The number of likely N-dealkylation sites (tertiary alicyclic amines) is 1. The number of ether oxygens (including phenoxy) is 1. The number of hydrogen-bond donors (Lipinski definition) is 1. The zero-order chi connectivity index (χ0) is 18.2. The minimum Gasteiger partial charge on any atom is -0.466 e. The van der Waals surface area contributed by atoms with E-state index < -0.39 is 4.92 Å². The molecule has 0 unspecified atom stereocenters. The van der Waals surface area contributed by atoms with Crippen LogP contribution in [0.15, 0.2) is 17.4 Å². The average Bonchev–Trinajstić information content (AvgIpc) is 3.08. The minimum atomic E-state index is -0.473. The van der Waals surface area contributed by atoms with E-state index in [-0.39, 0.29) is 41.6 Å². The van der Waals surface area contributed by atoms with Crippen LogP contribution >= 0.6 is 24.0 Å². The Morgan fingerprint density at radius 3 is 2.96 bits per heavy atom. The van der Waals surface area contributed by atoms with E-state index in [0.29, 0.717) is 32.2 Å². The van der Waals surface area contributed by atoms with Crippen molar-refractivity contribution < 1.29 is 14.5 Å². The van der Waals surface area contributed by atoms with Gasteiger partial charge < -0.3 is 15.0 Å². The van der Waals surface area contributed by atoms with Gasteiger partial charge in [-0.25, -0.2) is 0 Å². The van der Waals surface area contributed by atoms with Crippen molar-refractivity contribution in [2.45, 2.75) is 26.3 Å². The molecule has 0 spiro atoms. The second-order valence-corrected chi connectivity index (χ2v) is 5.73. The third-order valence-electron chi connectivity index (χ3n) is 4.01. The largest absolute Gasteiger partial charge is 0.466 e. The van der Waals surface area contributed by atoms with Crippen LogP contribution in [0.5, 0.6) is 0 Å². The maximum atomic E-state index is 11.9. The molecular formula is C15H25IN6O4. The van der Waals surface area contributed by atoms with Crippen LogP contribution in [0, 0.1) is 16.0 Å². The third kappa shape index (κ3) is 6.11. The zero-order valence-corrected chi connectivity index (χ0v) is 17.3. The van der Waals surface area contributed by atoms with E-state index in [1.807, 2.05) is 4.90 Å². The zero-order valence-electron chi connectivity index (χ0n) is 15.0. The van der Waals surface area contributed by atoms with Crippen molar-refractivity contribution >= 4 is 41.6 Å². The second kappa shape index (κ2) is 10.9. The molecule has 1 aromatic heterocycles. The van der Waals surface area contributed by atoms with Gasteiger partial charge in [-0.1, -0.05) is 0 Å². The summed E-state index contributed by atoms with van der Waals surface area (Å²) in [7, 11) is 1.69. The van der Waals surface area contributed by atoms with Crippen molar-refractivity contribution in [1.29, 1.82) is 0 Å². The molecule has 1 aromatic rings. The summed E-state index contributed by atoms with van der Waals surface area (Å²) < 4.78 is 6.62. The van der Waals surface area contributed by atoms with Crippen LogP contribution in [0.1, 0.15) is 19.8 Å². The third-order valence-corrected chi connectivity index (χ3v) is 4.01. The number of guanidine groups is 1. The van der Waals surface area contributed by atoms with Crippen molar-refractivity contribution in [2.24, 2.45) is 10.9 Å². The molecule has 1 saturated heterocycles. The monoisotopic (exact) mass is 480 g/mol. The van der Waals surface area contributed by atoms with E-state index in [1.165, 1.54) is 17.1 Å². The molecule has 2 rings (SSSR count). The molecule has 146 valence electrons. The Bertz CT molecular complexity index is 635. The standard InChI is InChI=1S/C15H24N6O4.HI/c1-3-25-14(22)12-5-4-7-19(10-12)15(16-2)17-6-8-20-11-13(9-18-20)21(23)24;/h9,11-12H,3-8,10H2,1-2H3,(H,16,17);1H/t12-;/m0./s1. The summed E-state index contributed by atoms with van der Waals surface area (Å²) in [5.41, 5.74) is -0.0299. The van der Waals surface area contributed by atoms with E-state index in [0.717, 1.165) is 19.4 Å². The number of carbonyl (C=O) groups excluding carboxylic acids is 1. The molecule has 1 aliphatic heterocycles. The molecule has 1 N–H and O–H groups in total. The van der Waals surface area contributed by atoms with Gasteiger partial charge in [-0.05, 0) is 19.8 Å². The van der Waals surface area contributed by atoms with Gasteiger partial charge in [0.15, 0.2) is 5.96 Å². The van der Waals surface area contributed by atoms with Crippen molar-refractivity contribution in [3.8, 4) is 0 Å². The summed E-state index contributed by atoms with van der Waals surface area (Å²) in [6, 6.07) is 0. The first-order valence-electron chi connectivity index (χ1n) is 8.34. The molecule has 1 aliphatic rings. The summed E-state index contributed by atoms with van der Waals surface area (Å²) in [5.74, 6) is 0.406. The Balaban J connectivity index is 0.00000338. The average molecular weight is 480 g/mol. The second-order valence-electron chi connectivity index (χ2n) is 5.73. The number of piperidine rings is 1. The van der Waals surface area contributed by atoms with Gasteiger partial charge in [-0.3, -0.25) is 24.6 Å². The van der Waals surface area contributed by atoms with Gasteiger partial charge in [-0.2, -0.15) is 5.10 Å². The van der Waals surface area contributed by atoms with E-state index in [9.17, 15) is 14.9 Å². The molecule has 0 radical (unpaired) electrons. The van der Waals surface area contributed by atoms with Gasteiger partial charge in [0.1, 0.15) is 12.4 Å². The lowest BCUT2D eigenvalue weighted by molar-refractivity contribution is -0.385. The lowest BCUT2D eigenvalue weighted by Crippen LogP contribution is -2.48. The fraction of sp³-hybridized carbons (Fsp3) is 0.667. The van der Waals surface area contributed by atoms with E-state index >= 15 is 0 Å². The number of rotatable bonds is 6. The lowest BCUT2D eigenvalue weighted by atomic mass is 9.98. The maximum absolute atomic E-state index is 11.9. The highest BCUT2D eigenvalue weighted by atomic mass is 127. The Labute approximate surface area is 169 Å². The van der Waals surface area contributed by atoms with Gasteiger partial charge in [-0.15, -0.1) is 24.0 Å².